The summed E-state index contributed by atoms with van der Waals surface area (Å²) in [5.74, 6) is 0.0113. The molecule has 0 aliphatic rings. The highest BCUT2D eigenvalue weighted by atomic mass is 19.4. The van der Waals surface area contributed by atoms with E-state index >= 15 is 0 Å². The molecule has 0 aromatic heterocycles. The Balaban J connectivity index is 2.68. The number of halogens is 3. The number of benzene rings is 1. The molecule has 1 aromatic carbocycles. The molecule has 0 atom stereocenters. The molecule has 0 saturated heterocycles. The molecule has 15 heavy (non-hydrogen) atoms. The molecule has 0 saturated carbocycles. The molecule has 0 amide bonds. The van der Waals surface area contributed by atoms with Crippen LogP contribution < -0.4 is 10.1 Å². The third-order valence-corrected chi connectivity index (χ3v) is 1.67. The van der Waals surface area contributed by atoms with Crippen molar-refractivity contribution in [3.63, 3.8) is 0 Å². The molecule has 1 rings (SSSR count). The van der Waals surface area contributed by atoms with Crippen molar-refractivity contribution in [3.05, 3.63) is 18.2 Å². The molecule has 0 unspecified atom stereocenters. The number of aromatic hydroxyl groups is 1. The first-order valence-electron chi connectivity index (χ1n) is 4.10. The average molecular weight is 221 g/mol. The molecule has 0 radical (unpaired) electrons. The van der Waals surface area contributed by atoms with Gasteiger partial charge in [0, 0.05) is 11.8 Å². The molecule has 2 N–H and O–H groups in total. The highest BCUT2D eigenvalue weighted by Gasteiger charge is 2.26. The third-order valence-electron chi connectivity index (χ3n) is 1.67. The minimum Gasteiger partial charge on any atom is -0.504 e. The van der Waals surface area contributed by atoms with Crippen LogP contribution in [0.1, 0.15) is 0 Å². The number of alkyl halides is 3. The maximum Gasteiger partial charge on any atom is 0.405 e. The standard InChI is InChI=1S/C9H10F3NO2/c1-15-8-3-2-6(4-7(8)14)13-5-9(10,11)12/h2-4,13-14H,5H2,1H3. The number of nitrogens with one attached hydrogen (secondary N) is 1. The van der Waals surface area contributed by atoms with Crippen molar-refractivity contribution in [2.45, 2.75) is 6.18 Å². The Morgan fingerprint density at radius 3 is 2.53 bits per heavy atom. The van der Waals surface area contributed by atoms with Crippen LogP contribution in [0.15, 0.2) is 18.2 Å². The van der Waals surface area contributed by atoms with E-state index in [-0.39, 0.29) is 17.2 Å². The van der Waals surface area contributed by atoms with Gasteiger partial charge < -0.3 is 15.2 Å². The van der Waals surface area contributed by atoms with Gasteiger partial charge in [-0.2, -0.15) is 13.2 Å². The van der Waals surface area contributed by atoms with Crippen LogP contribution in [0.3, 0.4) is 0 Å². The molecule has 6 heteroatoms. The summed E-state index contributed by atoms with van der Waals surface area (Å²) < 4.78 is 40.3. The van der Waals surface area contributed by atoms with Crippen LogP contribution in [-0.2, 0) is 0 Å². The van der Waals surface area contributed by atoms with E-state index < -0.39 is 12.7 Å². The molecular weight excluding hydrogens is 211 g/mol. The van der Waals surface area contributed by atoms with Crippen LogP contribution in [0, 0.1) is 0 Å². The Hall–Kier alpha value is -1.59. The van der Waals surface area contributed by atoms with Gasteiger partial charge in [0.1, 0.15) is 6.54 Å². The summed E-state index contributed by atoms with van der Waals surface area (Å²) in [6.07, 6.45) is -4.28. The van der Waals surface area contributed by atoms with Crippen LogP contribution in [0.25, 0.3) is 0 Å². The van der Waals surface area contributed by atoms with Crippen molar-refractivity contribution in [3.8, 4) is 11.5 Å². The summed E-state index contributed by atoms with van der Waals surface area (Å²) in [5.41, 5.74) is 0.186. The number of phenols is 1. The lowest BCUT2D eigenvalue weighted by Crippen LogP contribution is -2.21. The number of hydrogen-bond acceptors (Lipinski definition) is 3. The number of methoxy groups -OCH3 is 1. The smallest absolute Gasteiger partial charge is 0.405 e. The molecule has 3 nitrogen and oxygen atoms in total. The van der Waals surface area contributed by atoms with Crippen molar-refractivity contribution >= 4 is 5.69 Å². The van der Waals surface area contributed by atoms with Crippen LogP contribution in [-0.4, -0.2) is 24.9 Å². The molecule has 1 aromatic rings. The van der Waals surface area contributed by atoms with Gasteiger partial charge in [-0.3, -0.25) is 0 Å². The maximum absolute atomic E-state index is 11.8. The maximum atomic E-state index is 11.8. The first-order chi connectivity index (χ1) is 6.92. The zero-order chi connectivity index (χ0) is 11.5. The summed E-state index contributed by atoms with van der Waals surface area (Å²) in [6, 6.07) is 3.95. The monoisotopic (exact) mass is 221 g/mol. The second kappa shape index (κ2) is 4.29. The Bertz CT molecular complexity index is 339. The molecule has 84 valence electrons. The Labute approximate surface area is 84.5 Å². The molecule has 0 fully saturated rings. The van der Waals surface area contributed by atoms with Gasteiger partial charge in [0.05, 0.1) is 7.11 Å². The molecule has 0 bridgehead atoms. The quantitative estimate of drug-likeness (QED) is 0.823. The third kappa shape index (κ3) is 3.57. The van der Waals surface area contributed by atoms with Gasteiger partial charge in [0.25, 0.3) is 0 Å². The lowest BCUT2D eigenvalue weighted by Gasteiger charge is -2.10. The average Bonchev–Trinajstić information content (AvgIpc) is 2.14. The van der Waals surface area contributed by atoms with Gasteiger partial charge >= 0.3 is 6.18 Å². The number of hydrogen-bond donors (Lipinski definition) is 2. The fourth-order valence-corrected chi connectivity index (χ4v) is 1.00. The number of anilines is 1. The van der Waals surface area contributed by atoms with Crippen LogP contribution in [0.5, 0.6) is 11.5 Å². The topological polar surface area (TPSA) is 41.5 Å². The van der Waals surface area contributed by atoms with Crippen LogP contribution in [0.4, 0.5) is 18.9 Å². The predicted octanol–water partition coefficient (Wildman–Crippen LogP) is 2.38. The second-order valence-corrected chi connectivity index (χ2v) is 2.86. The Morgan fingerprint density at radius 1 is 1.40 bits per heavy atom. The van der Waals surface area contributed by atoms with E-state index in [1.165, 1.54) is 25.3 Å². The van der Waals surface area contributed by atoms with Crippen molar-refractivity contribution in [1.29, 1.82) is 0 Å². The molecular formula is C9H10F3NO2. The number of phenolic OH excluding ortho intramolecular Hbond substituents is 1. The minimum atomic E-state index is -4.28. The van der Waals surface area contributed by atoms with Gasteiger partial charge in [-0.25, -0.2) is 0 Å². The molecule has 0 aliphatic carbocycles. The summed E-state index contributed by atoms with van der Waals surface area (Å²) >= 11 is 0. The van der Waals surface area contributed by atoms with Crippen molar-refractivity contribution in [1.82, 2.24) is 0 Å². The first kappa shape index (κ1) is 11.5. The van der Waals surface area contributed by atoms with E-state index in [9.17, 15) is 18.3 Å². The lowest BCUT2D eigenvalue weighted by atomic mass is 10.3. The van der Waals surface area contributed by atoms with Gasteiger partial charge in [0.15, 0.2) is 11.5 Å². The fraction of sp³-hybridized carbons (Fsp3) is 0.333. The van der Waals surface area contributed by atoms with Gasteiger partial charge in [-0.05, 0) is 12.1 Å². The second-order valence-electron chi connectivity index (χ2n) is 2.86. The number of rotatable bonds is 3. The van der Waals surface area contributed by atoms with Crippen LogP contribution in [0.2, 0.25) is 0 Å². The largest absolute Gasteiger partial charge is 0.504 e. The van der Waals surface area contributed by atoms with Crippen molar-refractivity contribution < 1.29 is 23.0 Å². The van der Waals surface area contributed by atoms with E-state index in [1.807, 2.05) is 0 Å². The van der Waals surface area contributed by atoms with E-state index in [2.05, 4.69) is 5.32 Å². The molecule has 0 heterocycles. The Morgan fingerprint density at radius 2 is 2.07 bits per heavy atom. The molecule has 0 aliphatic heterocycles. The summed E-state index contributed by atoms with van der Waals surface area (Å²) in [6.45, 7) is -1.14. The summed E-state index contributed by atoms with van der Waals surface area (Å²) in [7, 11) is 1.36. The van der Waals surface area contributed by atoms with Crippen LogP contribution >= 0.6 is 0 Å². The van der Waals surface area contributed by atoms with Crippen molar-refractivity contribution in [2.75, 3.05) is 19.0 Å². The predicted molar refractivity (Wildman–Crippen MR) is 49.2 cm³/mol. The van der Waals surface area contributed by atoms with E-state index in [1.54, 1.807) is 0 Å². The normalized spacial score (nSPS) is 11.2. The van der Waals surface area contributed by atoms with E-state index in [0.717, 1.165) is 0 Å². The Kier molecular flexibility index (Phi) is 3.28. The first-order valence-corrected chi connectivity index (χ1v) is 4.10. The fourth-order valence-electron chi connectivity index (χ4n) is 1.00. The van der Waals surface area contributed by atoms with Gasteiger partial charge in [0.2, 0.25) is 0 Å². The van der Waals surface area contributed by atoms with E-state index in [4.69, 9.17) is 4.74 Å². The zero-order valence-electron chi connectivity index (χ0n) is 7.93. The highest BCUT2D eigenvalue weighted by molar-refractivity contribution is 5.54. The molecule has 0 spiro atoms. The summed E-state index contributed by atoms with van der Waals surface area (Å²) in [5, 5.41) is 11.4. The highest BCUT2D eigenvalue weighted by Crippen LogP contribution is 2.29. The van der Waals surface area contributed by atoms with E-state index in [0.29, 0.717) is 0 Å². The van der Waals surface area contributed by atoms with Gasteiger partial charge in [-0.1, -0.05) is 0 Å². The SMILES string of the molecule is COc1ccc(NCC(F)(F)F)cc1O. The zero-order valence-corrected chi connectivity index (χ0v) is 7.93. The number of ether oxygens (including phenoxy) is 1. The van der Waals surface area contributed by atoms with Crippen molar-refractivity contribution in [2.24, 2.45) is 0 Å². The minimum absolute atomic E-state index is 0.186. The van der Waals surface area contributed by atoms with Gasteiger partial charge in [-0.15, -0.1) is 0 Å². The summed E-state index contributed by atoms with van der Waals surface area (Å²) in [4.78, 5) is 0. The lowest BCUT2D eigenvalue weighted by molar-refractivity contribution is -0.115.